The number of carbonyl (C=O) groups excluding carboxylic acids is 2. The van der Waals surface area contributed by atoms with E-state index in [9.17, 15) is 14.7 Å². The van der Waals surface area contributed by atoms with Crippen molar-refractivity contribution in [2.24, 2.45) is 5.92 Å². The highest BCUT2D eigenvalue weighted by Gasteiger charge is 2.41. The van der Waals surface area contributed by atoms with Gasteiger partial charge in [-0.1, -0.05) is 23.8 Å². The maximum Gasteiger partial charge on any atom is 0.257 e. The van der Waals surface area contributed by atoms with Crippen molar-refractivity contribution in [1.82, 2.24) is 9.80 Å². The topological polar surface area (TPSA) is 60.9 Å². The van der Waals surface area contributed by atoms with Crippen molar-refractivity contribution >= 4 is 11.8 Å². The molecule has 3 fully saturated rings. The molecular formula is C20H26N2O3. The molecule has 2 amide bonds. The van der Waals surface area contributed by atoms with Crippen LogP contribution in [0.2, 0.25) is 0 Å². The third-order valence-corrected chi connectivity index (χ3v) is 5.24. The van der Waals surface area contributed by atoms with Crippen molar-refractivity contribution < 1.29 is 14.7 Å². The number of benzene rings is 1. The second-order valence-electron chi connectivity index (χ2n) is 7.38. The molecule has 1 aromatic rings. The van der Waals surface area contributed by atoms with E-state index in [1.54, 1.807) is 30.0 Å². The third kappa shape index (κ3) is 3.41. The number of aryl methyl sites for hydroxylation is 1. The summed E-state index contributed by atoms with van der Waals surface area (Å²) < 4.78 is 0. The Morgan fingerprint density at radius 3 is 2.76 bits per heavy atom. The summed E-state index contributed by atoms with van der Waals surface area (Å²) in [5, 5.41) is 10.2. The monoisotopic (exact) mass is 342 g/mol. The fraction of sp³-hybridized carbons (Fsp3) is 0.500. The van der Waals surface area contributed by atoms with Crippen molar-refractivity contribution in [1.29, 1.82) is 0 Å². The van der Waals surface area contributed by atoms with Crippen LogP contribution < -0.4 is 0 Å². The maximum atomic E-state index is 12.9. The van der Waals surface area contributed by atoms with Crippen molar-refractivity contribution in [2.75, 3.05) is 19.6 Å². The number of fused-ring (bicyclic) bond motifs is 4. The van der Waals surface area contributed by atoms with Gasteiger partial charge in [-0.3, -0.25) is 9.59 Å². The zero-order valence-corrected chi connectivity index (χ0v) is 15.2. The molecular weight excluding hydrogens is 316 g/mol. The summed E-state index contributed by atoms with van der Waals surface area (Å²) in [5.74, 6) is -0.135. The Balaban J connectivity index is 1.84. The number of nitrogens with zero attached hydrogens (tertiary/aromatic N) is 2. The summed E-state index contributed by atoms with van der Waals surface area (Å²) in [4.78, 5) is 29.4. The van der Waals surface area contributed by atoms with Crippen molar-refractivity contribution in [3.63, 3.8) is 0 Å². The highest BCUT2D eigenvalue weighted by atomic mass is 16.3. The van der Waals surface area contributed by atoms with Crippen LogP contribution >= 0.6 is 0 Å². The number of hydrogen-bond donors (Lipinski definition) is 1. The standard InChI is InChI=1S/C20H26N2O3/c1-13(2)9-10-22-16-8-7-15(19(22)24)11-21(12-16)20(25)17-6-4-5-14(3)18(17)23/h4-6,9,15-16,23H,7-8,10-12H2,1-3H3/t15-,16+/m1/s1. The van der Waals surface area contributed by atoms with Gasteiger partial charge in [0.15, 0.2) is 0 Å². The molecule has 3 heterocycles. The van der Waals surface area contributed by atoms with Crippen LogP contribution in [0.5, 0.6) is 5.75 Å². The quantitative estimate of drug-likeness (QED) is 0.859. The maximum absolute atomic E-state index is 12.9. The molecule has 4 rings (SSSR count). The first-order valence-electron chi connectivity index (χ1n) is 8.90. The molecule has 134 valence electrons. The predicted octanol–water partition coefficient (Wildman–Crippen LogP) is 2.73. The molecule has 5 heteroatoms. The van der Waals surface area contributed by atoms with E-state index < -0.39 is 0 Å². The van der Waals surface area contributed by atoms with Crippen LogP contribution in [0, 0.1) is 12.8 Å². The molecule has 0 radical (unpaired) electrons. The normalized spacial score (nSPS) is 22.8. The van der Waals surface area contributed by atoms with Gasteiger partial charge in [-0.05, 0) is 45.2 Å². The van der Waals surface area contributed by atoms with Crippen molar-refractivity contribution in [3.05, 3.63) is 41.0 Å². The first-order valence-corrected chi connectivity index (χ1v) is 8.90. The van der Waals surface area contributed by atoms with E-state index in [1.165, 1.54) is 5.57 Å². The summed E-state index contributed by atoms with van der Waals surface area (Å²) in [5.41, 5.74) is 2.19. The third-order valence-electron chi connectivity index (χ3n) is 5.24. The molecule has 2 bridgehead atoms. The lowest BCUT2D eigenvalue weighted by molar-refractivity contribution is -0.139. The van der Waals surface area contributed by atoms with Crippen LogP contribution in [0.15, 0.2) is 29.8 Å². The first-order chi connectivity index (χ1) is 11.9. The Morgan fingerprint density at radius 2 is 2.04 bits per heavy atom. The molecule has 0 spiro atoms. The molecule has 1 N–H and O–H groups in total. The molecule has 1 aromatic carbocycles. The lowest BCUT2D eigenvalue weighted by Crippen LogP contribution is -2.48. The average Bonchev–Trinajstić information content (AvgIpc) is 2.86. The van der Waals surface area contributed by atoms with Gasteiger partial charge in [-0.2, -0.15) is 0 Å². The van der Waals surface area contributed by atoms with Crippen LogP contribution in [-0.4, -0.2) is 52.4 Å². The Labute approximate surface area is 148 Å². The fourth-order valence-electron chi connectivity index (χ4n) is 3.73. The number of hydrogen-bond acceptors (Lipinski definition) is 3. The lowest BCUT2D eigenvalue weighted by atomic mass is 9.94. The predicted molar refractivity (Wildman–Crippen MR) is 96.4 cm³/mol. The lowest BCUT2D eigenvalue weighted by Gasteiger charge is -2.35. The number of phenols is 1. The zero-order valence-electron chi connectivity index (χ0n) is 15.2. The van der Waals surface area contributed by atoms with Gasteiger partial charge >= 0.3 is 0 Å². The molecule has 3 aliphatic heterocycles. The number of allylic oxidation sites excluding steroid dienone is 1. The fourth-order valence-corrected chi connectivity index (χ4v) is 3.73. The molecule has 0 saturated carbocycles. The minimum absolute atomic E-state index is 0.0387. The van der Waals surface area contributed by atoms with Crippen molar-refractivity contribution in [3.8, 4) is 5.75 Å². The van der Waals surface area contributed by atoms with E-state index in [1.807, 2.05) is 18.7 Å². The van der Waals surface area contributed by atoms with Gasteiger partial charge in [0, 0.05) is 25.7 Å². The van der Waals surface area contributed by atoms with Gasteiger partial charge in [0.05, 0.1) is 11.5 Å². The Bertz CT molecular complexity index is 722. The van der Waals surface area contributed by atoms with Gasteiger partial charge in [-0.15, -0.1) is 0 Å². The van der Waals surface area contributed by atoms with E-state index in [0.717, 1.165) is 12.8 Å². The van der Waals surface area contributed by atoms with E-state index in [-0.39, 0.29) is 29.5 Å². The van der Waals surface area contributed by atoms with Crippen LogP contribution in [-0.2, 0) is 4.79 Å². The Kier molecular flexibility index (Phi) is 4.84. The summed E-state index contributed by atoms with van der Waals surface area (Å²) in [6, 6.07) is 5.27. The number of para-hydroxylation sites is 1. The number of aromatic hydroxyl groups is 1. The Hall–Kier alpha value is -2.30. The minimum atomic E-state index is -0.185. The minimum Gasteiger partial charge on any atom is -0.507 e. The largest absolute Gasteiger partial charge is 0.507 e. The number of rotatable bonds is 3. The van der Waals surface area contributed by atoms with E-state index in [0.29, 0.717) is 30.8 Å². The first kappa shape index (κ1) is 17.5. The second kappa shape index (κ2) is 6.90. The number of phenolic OH excluding ortho intramolecular Hbond substituents is 1. The number of amides is 2. The molecule has 3 aliphatic rings. The van der Waals surface area contributed by atoms with Crippen LogP contribution in [0.25, 0.3) is 0 Å². The van der Waals surface area contributed by atoms with Gasteiger partial charge in [0.2, 0.25) is 5.91 Å². The van der Waals surface area contributed by atoms with E-state index in [4.69, 9.17) is 0 Å². The molecule has 0 unspecified atom stereocenters. The van der Waals surface area contributed by atoms with Gasteiger partial charge in [0.25, 0.3) is 5.91 Å². The number of carbonyl (C=O) groups is 2. The van der Waals surface area contributed by atoms with Gasteiger partial charge < -0.3 is 14.9 Å². The molecule has 0 aromatic heterocycles. The Morgan fingerprint density at radius 1 is 1.28 bits per heavy atom. The summed E-state index contributed by atoms with van der Waals surface area (Å²) in [6.45, 7) is 7.41. The number of piperidine rings is 1. The molecule has 3 saturated heterocycles. The summed E-state index contributed by atoms with van der Waals surface area (Å²) in [6.07, 6.45) is 3.83. The second-order valence-corrected chi connectivity index (χ2v) is 7.38. The molecule has 5 nitrogen and oxygen atoms in total. The summed E-state index contributed by atoms with van der Waals surface area (Å²) >= 11 is 0. The van der Waals surface area contributed by atoms with Crippen molar-refractivity contribution in [2.45, 2.75) is 39.7 Å². The highest BCUT2D eigenvalue weighted by Crippen LogP contribution is 2.31. The summed E-state index contributed by atoms with van der Waals surface area (Å²) in [7, 11) is 0. The van der Waals surface area contributed by atoms with Gasteiger partial charge in [-0.25, -0.2) is 0 Å². The van der Waals surface area contributed by atoms with Gasteiger partial charge in [0.1, 0.15) is 5.75 Å². The average molecular weight is 342 g/mol. The van der Waals surface area contributed by atoms with Crippen LogP contribution in [0.4, 0.5) is 0 Å². The zero-order chi connectivity index (χ0) is 18.1. The smallest absolute Gasteiger partial charge is 0.257 e. The van der Waals surface area contributed by atoms with E-state index >= 15 is 0 Å². The van der Waals surface area contributed by atoms with Crippen LogP contribution in [0.3, 0.4) is 0 Å². The van der Waals surface area contributed by atoms with E-state index in [2.05, 4.69) is 6.08 Å². The molecule has 0 aliphatic carbocycles. The highest BCUT2D eigenvalue weighted by molar-refractivity contribution is 5.97. The molecule has 2 atom stereocenters. The SMILES string of the molecule is CC(C)=CCN1C(=O)[C@@H]2CC[C@H]1CN(C(=O)c1cccc(C)c1O)C2. The molecule has 25 heavy (non-hydrogen) atoms. The van der Waals surface area contributed by atoms with Crippen LogP contribution in [0.1, 0.15) is 42.6 Å².